The molecule has 39 heavy (non-hydrogen) atoms. The topological polar surface area (TPSA) is 108 Å². The second-order valence-electron chi connectivity index (χ2n) is 9.41. The Morgan fingerprint density at radius 3 is 2.59 bits per heavy atom. The first-order valence-corrected chi connectivity index (χ1v) is 13.5. The van der Waals surface area contributed by atoms with Gasteiger partial charge in [0.25, 0.3) is 0 Å². The minimum Gasteiger partial charge on any atom is -0.336 e. The van der Waals surface area contributed by atoms with Gasteiger partial charge in [-0.3, -0.25) is 15.1 Å². The lowest BCUT2D eigenvalue weighted by Gasteiger charge is -2.07. The lowest BCUT2D eigenvalue weighted by Crippen LogP contribution is -2.12. The van der Waals surface area contributed by atoms with Gasteiger partial charge in [-0.25, -0.2) is 9.97 Å². The van der Waals surface area contributed by atoms with Gasteiger partial charge in [-0.05, 0) is 48.4 Å². The first-order valence-electron chi connectivity index (χ1n) is 12.7. The predicted molar refractivity (Wildman–Crippen MR) is 155 cm³/mol. The number of hydrogen-bond donors (Lipinski definition) is 3. The summed E-state index contributed by atoms with van der Waals surface area (Å²) in [6, 6.07) is 20.8. The van der Waals surface area contributed by atoms with E-state index in [0.717, 1.165) is 62.5 Å². The molecule has 0 aliphatic rings. The second-order valence-corrected chi connectivity index (χ2v) is 10.7. The molecule has 0 saturated carbocycles. The molecule has 7 aromatic rings. The first kappa shape index (κ1) is 23.4. The molecule has 0 amide bonds. The molecule has 0 atom stereocenters. The lowest BCUT2D eigenvalue weighted by molar-refractivity contribution is 0.691. The van der Waals surface area contributed by atoms with Crippen molar-refractivity contribution in [2.24, 2.45) is 0 Å². The Labute approximate surface area is 228 Å². The summed E-state index contributed by atoms with van der Waals surface area (Å²) < 4.78 is 0. The monoisotopic (exact) mass is 528 g/mol. The van der Waals surface area contributed by atoms with E-state index in [0.29, 0.717) is 11.5 Å². The van der Waals surface area contributed by atoms with Crippen molar-refractivity contribution in [3.8, 4) is 33.2 Å². The van der Waals surface area contributed by atoms with Crippen LogP contribution >= 0.6 is 11.3 Å². The number of aromatic nitrogens is 7. The summed E-state index contributed by atoms with van der Waals surface area (Å²) in [7, 11) is 0. The van der Waals surface area contributed by atoms with Crippen molar-refractivity contribution in [3.05, 3.63) is 101 Å². The number of pyridine rings is 3. The minimum absolute atomic E-state index is 0.676. The van der Waals surface area contributed by atoms with Crippen LogP contribution in [0.4, 0.5) is 0 Å². The van der Waals surface area contributed by atoms with Gasteiger partial charge in [-0.15, -0.1) is 11.3 Å². The van der Waals surface area contributed by atoms with E-state index in [2.05, 4.69) is 90.9 Å². The Bertz CT molecular complexity index is 1920. The summed E-state index contributed by atoms with van der Waals surface area (Å²) in [5.74, 6) is 0.676. The molecule has 8 nitrogen and oxygen atoms in total. The molecule has 0 radical (unpaired) electrons. The Morgan fingerprint density at radius 2 is 1.72 bits per heavy atom. The molecule has 6 heterocycles. The van der Waals surface area contributed by atoms with Crippen LogP contribution in [0.25, 0.3) is 55.3 Å². The summed E-state index contributed by atoms with van der Waals surface area (Å²) in [5.41, 5.74) is 8.37. The molecular weight excluding hydrogens is 504 g/mol. The van der Waals surface area contributed by atoms with E-state index in [1.54, 1.807) is 11.3 Å². The fraction of sp³-hybridized carbons (Fsp3) is 0.100. The number of H-pyrrole nitrogens is 2. The molecule has 0 aliphatic heterocycles. The molecule has 3 N–H and O–H groups in total. The van der Waals surface area contributed by atoms with E-state index < -0.39 is 0 Å². The molecule has 0 fully saturated rings. The van der Waals surface area contributed by atoms with Crippen molar-refractivity contribution >= 4 is 33.4 Å². The van der Waals surface area contributed by atoms with Crippen LogP contribution in [0.3, 0.4) is 0 Å². The Kier molecular flexibility index (Phi) is 5.92. The van der Waals surface area contributed by atoms with E-state index in [1.807, 2.05) is 36.9 Å². The average Bonchev–Trinajstić information content (AvgIpc) is 3.71. The second kappa shape index (κ2) is 9.86. The maximum atomic E-state index is 4.92. The molecule has 0 bridgehead atoms. The molecule has 0 spiro atoms. The Balaban J connectivity index is 1.20. The van der Waals surface area contributed by atoms with Gasteiger partial charge in [-0.1, -0.05) is 30.3 Å². The first-order chi connectivity index (χ1) is 19.2. The highest BCUT2D eigenvalue weighted by molar-refractivity contribution is 7.15. The third kappa shape index (κ3) is 4.58. The number of benzene rings is 1. The van der Waals surface area contributed by atoms with Gasteiger partial charge in [0, 0.05) is 53.9 Å². The van der Waals surface area contributed by atoms with E-state index >= 15 is 0 Å². The standard InChI is InChI=1S/C30H24N8S/c1-18-7-8-25(39-18)28-27-24(9-10-33-28)35-30(36-27)26-23-12-22(17-34-29(23)38-37-26)21-11-20(15-32-16-21)14-31-13-19-5-3-2-4-6-19/h2-12,15-17,31H,13-14H2,1H3,(H,35,36)(H,34,37,38). The molecule has 0 saturated heterocycles. The van der Waals surface area contributed by atoms with Crippen LogP contribution in [0.5, 0.6) is 0 Å². The summed E-state index contributed by atoms with van der Waals surface area (Å²) >= 11 is 1.71. The highest BCUT2D eigenvalue weighted by Crippen LogP contribution is 2.33. The number of nitrogens with zero attached hydrogens (tertiary/aromatic N) is 5. The predicted octanol–water partition coefficient (Wildman–Crippen LogP) is 6.28. The zero-order chi connectivity index (χ0) is 26.2. The van der Waals surface area contributed by atoms with Crippen LogP contribution in [0.1, 0.15) is 16.0 Å². The van der Waals surface area contributed by atoms with Crippen molar-refractivity contribution in [1.29, 1.82) is 0 Å². The SMILES string of the molecule is Cc1ccc(-c2nccc3[nH]c(-c4n[nH]c5ncc(-c6cncc(CNCc7ccccc7)c6)cc45)nc23)s1. The normalized spacial score (nSPS) is 11.5. The number of thiophene rings is 1. The van der Waals surface area contributed by atoms with Crippen molar-refractivity contribution in [2.75, 3.05) is 0 Å². The van der Waals surface area contributed by atoms with Gasteiger partial charge < -0.3 is 10.3 Å². The van der Waals surface area contributed by atoms with Gasteiger partial charge in [0.05, 0.1) is 15.8 Å². The zero-order valence-corrected chi connectivity index (χ0v) is 22.0. The highest BCUT2D eigenvalue weighted by Gasteiger charge is 2.17. The number of fused-ring (bicyclic) bond motifs is 2. The van der Waals surface area contributed by atoms with Crippen molar-refractivity contribution in [3.63, 3.8) is 0 Å². The number of rotatable bonds is 7. The third-order valence-electron chi connectivity index (χ3n) is 6.64. The number of imidazole rings is 1. The van der Waals surface area contributed by atoms with E-state index in [1.165, 1.54) is 10.4 Å². The van der Waals surface area contributed by atoms with Gasteiger partial charge in [-0.2, -0.15) is 5.10 Å². The van der Waals surface area contributed by atoms with Crippen molar-refractivity contribution in [1.82, 2.24) is 40.4 Å². The van der Waals surface area contributed by atoms with Crippen LogP contribution in [-0.2, 0) is 13.1 Å². The van der Waals surface area contributed by atoms with Crippen LogP contribution in [0.15, 0.2) is 85.5 Å². The van der Waals surface area contributed by atoms with Gasteiger partial charge in [0.15, 0.2) is 11.5 Å². The lowest BCUT2D eigenvalue weighted by atomic mass is 10.1. The van der Waals surface area contributed by atoms with E-state index in [4.69, 9.17) is 4.98 Å². The van der Waals surface area contributed by atoms with Crippen LogP contribution in [-0.4, -0.2) is 35.1 Å². The Morgan fingerprint density at radius 1 is 0.846 bits per heavy atom. The molecule has 6 aromatic heterocycles. The van der Waals surface area contributed by atoms with Gasteiger partial charge >= 0.3 is 0 Å². The number of aryl methyl sites for hydroxylation is 1. The van der Waals surface area contributed by atoms with Gasteiger partial charge in [0.2, 0.25) is 0 Å². The molecule has 9 heteroatoms. The minimum atomic E-state index is 0.676. The molecular formula is C30H24N8S. The fourth-order valence-electron chi connectivity index (χ4n) is 4.72. The molecule has 1 aromatic carbocycles. The molecule has 0 aliphatic carbocycles. The van der Waals surface area contributed by atoms with Crippen LogP contribution < -0.4 is 5.32 Å². The maximum absolute atomic E-state index is 4.92. The van der Waals surface area contributed by atoms with E-state index in [-0.39, 0.29) is 0 Å². The number of hydrogen-bond acceptors (Lipinski definition) is 7. The maximum Gasteiger partial charge on any atom is 0.159 e. The Hall–Kier alpha value is -4.73. The molecule has 0 unspecified atom stereocenters. The smallest absolute Gasteiger partial charge is 0.159 e. The number of aromatic amines is 2. The summed E-state index contributed by atoms with van der Waals surface area (Å²) in [6.45, 7) is 3.62. The summed E-state index contributed by atoms with van der Waals surface area (Å²) in [6.07, 6.45) is 7.42. The fourth-order valence-corrected chi connectivity index (χ4v) is 5.59. The van der Waals surface area contributed by atoms with Crippen molar-refractivity contribution in [2.45, 2.75) is 20.0 Å². The van der Waals surface area contributed by atoms with Crippen LogP contribution in [0, 0.1) is 6.92 Å². The van der Waals surface area contributed by atoms with E-state index in [9.17, 15) is 0 Å². The zero-order valence-electron chi connectivity index (χ0n) is 21.1. The largest absolute Gasteiger partial charge is 0.336 e. The highest BCUT2D eigenvalue weighted by atomic mass is 32.1. The summed E-state index contributed by atoms with van der Waals surface area (Å²) in [5, 5.41) is 12.0. The summed E-state index contributed by atoms with van der Waals surface area (Å²) in [4.78, 5) is 24.4. The number of nitrogens with one attached hydrogen (secondary N) is 3. The molecule has 7 rings (SSSR count). The van der Waals surface area contributed by atoms with Crippen LogP contribution in [0.2, 0.25) is 0 Å². The average molecular weight is 529 g/mol. The molecule has 190 valence electrons. The van der Waals surface area contributed by atoms with Crippen molar-refractivity contribution < 1.29 is 0 Å². The quantitative estimate of drug-likeness (QED) is 0.225. The third-order valence-corrected chi connectivity index (χ3v) is 7.65. The van der Waals surface area contributed by atoms with Gasteiger partial charge in [0.1, 0.15) is 16.9 Å².